The van der Waals surface area contributed by atoms with E-state index in [0.717, 1.165) is 0 Å². The molecule has 0 aromatic heterocycles. The molecule has 0 fully saturated rings. The zero-order valence-electron chi connectivity index (χ0n) is 6.46. The van der Waals surface area contributed by atoms with Crippen molar-refractivity contribution in [2.45, 2.75) is 16.4 Å². The summed E-state index contributed by atoms with van der Waals surface area (Å²) in [7, 11) is 0.454. The Morgan fingerprint density at radius 3 is 1.71 bits per heavy atom. The van der Waals surface area contributed by atoms with Crippen LogP contribution in [0.15, 0.2) is 0 Å². The standard InChI is InChI=1S/C5H3Cl2F5O2/c1-14-2(13)3(8,9)4(6,10)5(7,11)12/h1H3. The Hall–Kier alpha value is -0.300. The Morgan fingerprint density at radius 2 is 1.50 bits per heavy atom. The third kappa shape index (κ3) is 2.03. The first-order valence-electron chi connectivity index (χ1n) is 2.89. The van der Waals surface area contributed by atoms with E-state index in [1.54, 1.807) is 0 Å². The molecule has 0 rings (SSSR count). The van der Waals surface area contributed by atoms with E-state index in [4.69, 9.17) is 0 Å². The van der Waals surface area contributed by atoms with E-state index in [2.05, 4.69) is 27.9 Å². The minimum atomic E-state index is -5.26. The quantitative estimate of drug-likeness (QED) is 0.443. The zero-order valence-corrected chi connectivity index (χ0v) is 7.97. The van der Waals surface area contributed by atoms with Gasteiger partial charge in [-0.15, -0.1) is 0 Å². The molecule has 2 nitrogen and oxygen atoms in total. The second-order valence-electron chi connectivity index (χ2n) is 2.14. The fourth-order valence-corrected chi connectivity index (χ4v) is 0.630. The molecule has 0 spiro atoms. The summed E-state index contributed by atoms with van der Waals surface area (Å²) in [6, 6.07) is 0. The monoisotopic (exact) mass is 260 g/mol. The molecule has 0 N–H and O–H groups in total. The third-order valence-electron chi connectivity index (χ3n) is 1.19. The largest absolute Gasteiger partial charge is 0.464 e. The maximum atomic E-state index is 12.6. The van der Waals surface area contributed by atoms with Gasteiger partial charge >= 0.3 is 22.4 Å². The smallest absolute Gasteiger partial charge is 0.397 e. The van der Waals surface area contributed by atoms with E-state index in [-0.39, 0.29) is 0 Å². The van der Waals surface area contributed by atoms with Crippen molar-refractivity contribution in [3.05, 3.63) is 0 Å². The number of hydrogen-bond acceptors (Lipinski definition) is 2. The number of hydrogen-bond donors (Lipinski definition) is 0. The van der Waals surface area contributed by atoms with Gasteiger partial charge in [0.25, 0.3) is 0 Å². The number of rotatable bonds is 3. The van der Waals surface area contributed by atoms with Gasteiger partial charge in [0.1, 0.15) is 0 Å². The number of methoxy groups -OCH3 is 1. The van der Waals surface area contributed by atoms with Crippen LogP contribution in [0.25, 0.3) is 0 Å². The molecule has 14 heavy (non-hydrogen) atoms. The van der Waals surface area contributed by atoms with Crippen molar-refractivity contribution in [3.63, 3.8) is 0 Å². The number of carbonyl (C=O) groups is 1. The number of ether oxygens (including phenoxy) is 1. The van der Waals surface area contributed by atoms with Crippen LogP contribution in [0, 0.1) is 0 Å². The van der Waals surface area contributed by atoms with Gasteiger partial charge in [0.2, 0.25) is 0 Å². The number of halogens is 7. The number of carbonyl (C=O) groups excluding carboxylic acids is 1. The molecule has 0 aromatic carbocycles. The summed E-state index contributed by atoms with van der Waals surface area (Å²) >= 11 is 8.16. The summed E-state index contributed by atoms with van der Waals surface area (Å²) in [5.41, 5.74) is 0. The van der Waals surface area contributed by atoms with Crippen LogP contribution in [0.1, 0.15) is 0 Å². The van der Waals surface area contributed by atoms with E-state index in [0.29, 0.717) is 7.11 Å². The molecule has 1 unspecified atom stereocenters. The summed E-state index contributed by atoms with van der Waals surface area (Å²) < 4.78 is 65.3. The maximum Gasteiger partial charge on any atom is 0.397 e. The Kier molecular flexibility index (Phi) is 3.61. The lowest BCUT2D eigenvalue weighted by molar-refractivity contribution is -0.204. The highest BCUT2D eigenvalue weighted by molar-refractivity contribution is 6.34. The molecular weight excluding hydrogens is 258 g/mol. The summed E-state index contributed by atoms with van der Waals surface area (Å²) in [6.45, 7) is 0. The van der Waals surface area contributed by atoms with Gasteiger partial charge in [0.05, 0.1) is 7.11 Å². The third-order valence-corrected chi connectivity index (χ3v) is 2.02. The van der Waals surface area contributed by atoms with Crippen LogP contribution >= 0.6 is 23.2 Å². The van der Waals surface area contributed by atoms with Crippen molar-refractivity contribution >= 4 is 29.2 Å². The molecule has 9 heteroatoms. The highest BCUT2D eigenvalue weighted by Crippen LogP contribution is 2.49. The summed E-state index contributed by atoms with van der Waals surface area (Å²) in [4.78, 5) is 10.2. The second-order valence-corrected chi connectivity index (χ2v) is 3.13. The molecule has 0 heterocycles. The van der Waals surface area contributed by atoms with Gasteiger partial charge in [-0.2, -0.15) is 17.6 Å². The van der Waals surface area contributed by atoms with Gasteiger partial charge in [-0.05, 0) is 11.6 Å². The fourth-order valence-electron chi connectivity index (χ4n) is 0.434. The molecule has 0 bridgehead atoms. The zero-order chi connectivity index (χ0) is 11.8. The average Bonchev–Trinajstić information content (AvgIpc) is 2.00. The van der Waals surface area contributed by atoms with Crippen molar-refractivity contribution in [1.82, 2.24) is 0 Å². The number of esters is 1. The minimum Gasteiger partial charge on any atom is -0.464 e. The molecule has 0 aromatic rings. The highest BCUT2D eigenvalue weighted by Gasteiger charge is 2.73. The number of alkyl halides is 7. The van der Waals surface area contributed by atoms with Crippen molar-refractivity contribution < 1.29 is 31.5 Å². The highest BCUT2D eigenvalue weighted by atomic mass is 35.5. The molecule has 0 saturated heterocycles. The summed E-state index contributed by atoms with van der Waals surface area (Å²) in [5, 5.41) is -10.2. The minimum absolute atomic E-state index is 0.454. The Bertz CT molecular complexity index is 237. The van der Waals surface area contributed by atoms with Gasteiger partial charge in [-0.3, -0.25) is 0 Å². The summed E-state index contributed by atoms with van der Waals surface area (Å²) in [6.07, 6.45) is 0. The molecular formula is C5H3Cl2F5O2. The lowest BCUT2D eigenvalue weighted by Crippen LogP contribution is -2.55. The Balaban J connectivity index is 5.18. The van der Waals surface area contributed by atoms with Crippen LogP contribution in [-0.2, 0) is 9.53 Å². The van der Waals surface area contributed by atoms with Gasteiger partial charge < -0.3 is 4.74 Å². The van der Waals surface area contributed by atoms with Crippen molar-refractivity contribution in [1.29, 1.82) is 0 Å². The second kappa shape index (κ2) is 3.69. The van der Waals surface area contributed by atoms with Crippen LogP contribution < -0.4 is 0 Å². The van der Waals surface area contributed by atoms with E-state index in [1.165, 1.54) is 0 Å². The Morgan fingerprint density at radius 1 is 1.14 bits per heavy atom. The van der Waals surface area contributed by atoms with Crippen LogP contribution in [0.2, 0.25) is 0 Å². The molecule has 0 aliphatic carbocycles. The van der Waals surface area contributed by atoms with Gasteiger partial charge in [0, 0.05) is 0 Å². The molecule has 0 amide bonds. The van der Waals surface area contributed by atoms with Gasteiger partial charge in [0.15, 0.2) is 0 Å². The lowest BCUT2D eigenvalue weighted by atomic mass is 10.2. The maximum absolute atomic E-state index is 12.6. The topological polar surface area (TPSA) is 26.3 Å². The van der Waals surface area contributed by atoms with E-state index >= 15 is 0 Å². The lowest BCUT2D eigenvalue weighted by Gasteiger charge is -2.28. The molecule has 0 saturated carbocycles. The van der Waals surface area contributed by atoms with Crippen LogP contribution in [0.5, 0.6) is 0 Å². The van der Waals surface area contributed by atoms with E-state index in [9.17, 15) is 26.7 Å². The van der Waals surface area contributed by atoms with Gasteiger partial charge in [-0.1, -0.05) is 11.6 Å². The SMILES string of the molecule is COC(=O)C(F)(F)C(F)(Cl)C(F)(F)Cl. The molecule has 1 atom stereocenters. The van der Waals surface area contributed by atoms with Crippen LogP contribution in [0.3, 0.4) is 0 Å². The first-order chi connectivity index (χ1) is 5.98. The predicted octanol–water partition coefficient (Wildman–Crippen LogP) is 2.53. The van der Waals surface area contributed by atoms with E-state index in [1.807, 2.05) is 0 Å². The average molecular weight is 261 g/mol. The predicted molar refractivity (Wildman–Crippen MR) is 37.5 cm³/mol. The Labute approximate surface area is 84.9 Å². The molecule has 0 radical (unpaired) electrons. The van der Waals surface area contributed by atoms with Crippen molar-refractivity contribution in [2.75, 3.05) is 7.11 Å². The summed E-state index contributed by atoms with van der Waals surface area (Å²) in [5.74, 6) is -7.80. The van der Waals surface area contributed by atoms with Crippen molar-refractivity contribution in [2.24, 2.45) is 0 Å². The van der Waals surface area contributed by atoms with Crippen LogP contribution in [-0.4, -0.2) is 29.5 Å². The van der Waals surface area contributed by atoms with Gasteiger partial charge in [-0.25, -0.2) is 9.18 Å². The molecule has 0 aliphatic rings. The first kappa shape index (κ1) is 13.7. The normalized spacial score (nSPS) is 17.4. The first-order valence-corrected chi connectivity index (χ1v) is 3.65. The van der Waals surface area contributed by atoms with Crippen LogP contribution in [0.4, 0.5) is 22.0 Å². The van der Waals surface area contributed by atoms with E-state index < -0.39 is 22.4 Å². The van der Waals surface area contributed by atoms with Crippen molar-refractivity contribution in [3.8, 4) is 0 Å². The molecule has 84 valence electrons. The fraction of sp³-hybridized carbons (Fsp3) is 0.800. The molecule has 0 aliphatic heterocycles.